The van der Waals surface area contributed by atoms with Crippen LogP contribution in [0.4, 0.5) is 4.39 Å². The number of ether oxygens (including phenoxy) is 1. The van der Waals surface area contributed by atoms with Gasteiger partial charge in [-0.25, -0.2) is 9.37 Å². The summed E-state index contributed by atoms with van der Waals surface area (Å²) >= 11 is 1.70. The average Bonchev–Trinajstić information content (AvgIpc) is 2.96. The summed E-state index contributed by atoms with van der Waals surface area (Å²) in [6.45, 7) is 6.67. The number of alkyl halides is 1. The second-order valence-electron chi connectivity index (χ2n) is 5.25. The molecule has 4 nitrogen and oxygen atoms in total. The summed E-state index contributed by atoms with van der Waals surface area (Å²) in [5.74, 6) is 0. The Hall–Kier alpha value is -0.560. The van der Waals surface area contributed by atoms with Gasteiger partial charge in [0, 0.05) is 38.1 Å². The van der Waals surface area contributed by atoms with Crippen molar-refractivity contribution in [2.24, 2.45) is 0 Å². The molecule has 1 aromatic rings. The fraction of sp³-hybridized carbons (Fsp3) is 0.769. The van der Waals surface area contributed by atoms with Crippen molar-refractivity contribution < 1.29 is 9.13 Å². The predicted molar refractivity (Wildman–Crippen MR) is 73.2 cm³/mol. The van der Waals surface area contributed by atoms with Gasteiger partial charge in [-0.05, 0) is 6.92 Å². The van der Waals surface area contributed by atoms with Crippen LogP contribution in [0, 0.1) is 6.92 Å². The normalized spacial score (nSPS) is 28.7. The molecule has 2 fully saturated rings. The zero-order valence-electron chi connectivity index (χ0n) is 11.2. The van der Waals surface area contributed by atoms with Crippen molar-refractivity contribution in [2.45, 2.75) is 25.6 Å². The predicted octanol–water partition coefficient (Wildman–Crippen LogP) is 1.31. The van der Waals surface area contributed by atoms with E-state index < -0.39 is 0 Å². The van der Waals surface area contributed by atoms with Crippen LogP contribution in [0.3, 0.4) is 0 Å². The molecule has 3 rings (SSSR count). The lowest BCUT2D eigenvalue weighted by molar-refractivity contribution is -0.0507. The summed E-state index contributed by atoms with van der Waals surface area (Å²) in [7, 11) is 0. The molecule has 19 heavy (non-hydrogen) atoms. The quantitative estimate of drug-likeness (QED) is 0.834. The molecule has 2 aliphatic rings. The molecule has 0 radical (unpaired) electrons. The number of likely N-dealkylation sites (tertiary alicyclic amines) is 1. The number of halogens is 1. The van der Waals surface area contributed by atoms with Gasteiger partial charge in [-0.2, -0.15) is 0 Å². The van der Waals surface area contributed by atoms with Crippen LogP contribution in [0.1, 0.15) is 10.7 Å². The molecule has 106 valence electrons. The van der Waals surface area contributed by atoms with Crippen molar-refractivity contribution in [1.29, 1.82) is 0 Å². The molecular weight excluding hydrogens is 265 g/mol. The van der Waals surface area contributed by atoms with E-state index in [0.29, 0.717) is 12.6 Å². The Morgan fingerprint density at radius 1 is 1.53 bits per heavy atom. The van der Waals surface area contributed by atoms with Crippen LogP contribution < -0.4 is 0 Å². The average molecular weight is 285 g/mol. The second kappa shape index (κ2) is 5.83. The SMILES string of the molecule is Cc1nc(CN2CCO[C@H]3CN(CCF)C[C@H]32)cs1. The Kier molecular flexibility index (Phi) is 4.12. The molecule has 0 aliphatic carbocycles. The third kappa shape index (κ3) is 2.97. The number of aryl methyl sites for hydroxylation is 1. The molecule has 0 amide bonds. The highest BCUT2D eigenvalue weighted by Gasteiger charge is 2.39. The number of nitrogens with zero attached hydrogens (tertiary/aromatic N) is 3. The van der Waals surface area contributed by atoms with Crippen molar-refractivity contribution in [3.63, 3.8) is 0 Å². The van der Waals surface area contributed by atoms with Crippen LogP contribution >= 0.6 is 11.3 Å². The molecular formula is C13H20FN3OS. The van der Waals surface area contributed by atoms with E-state index in [2.05, 4.69) is 20.2 Å². The first-order valence-corrected chi connectivity index (χ1v) is 7.69. The fourth-order valence-corrected chi connectivity index (χ4v) is 3.63. The number of hydrogen-bond acceptors (Lipinski definition) is 5. The van der Waals surface area contributed by atoms with Gasteiger partial charge in [0.05, 0.1) is 29.5 Å². The Bertz CT molecular complexity index is 428. The van der Waals surface area contributed by atoms with E-state index in [-0.39, 0.29) is 12.8 Å². The maximum absolute atomic E-state index is 12.5. The lowest BCUT2D eigenvalue weighted by Gasteiger charge is -2.36. The van der Waals surface area contributed by atoms with Gasteiger partial charge >= 0.3 is 0 Å². The molecule has 2 saturated heterocycles. The zero-order chi connectivity index (χ0) is 13.2. The van der Waals surface area contributed by atoms with Crippen LogP contribution in [0.5, 0.6) is 0 Å². The molecule has 2 aliphatic heterocycles. The van der Waals surface area contributed by atoms with Crippen molar-refractivity contribution in [2.75, 3.05) is 39.5 Å². The molecule has 0 saturated carbocycles. The molecule has 3 heterocycles. The topological polar surface area (TPSA) is 28.6 Å². The Morgan fingerprint density at radius 3 is 3.16 bits per heavy atom. The van der Waals surface area contributed by atoms with Gasteiger partial charge < -0.3 is 4.74 Å². The van der Waals surface area contributed by atoms with Gasteiger partial charge in [-0.15, -0.1) is 11.3 Å². The molecule has 0 aromatic carbocycles. The first kappa shape index (κ1) is 13.4. The van der Waals surface area contributed by atoms with Crippen LogP contribution in [-0.2, 0) is 11.3 Å². The molecule has 2 atom stereocenters. The number of fused-ring (bicyclic) bond motifs is 1. The van der Waals surface area contributed by atoms with Crippen LogP contribution in [0.15, 0.2) is 5.38 Å². The minimum absolute atomic E-state index is 0.236. The third-order valence-corrected chi connectivity index (χ3v) is 4.75. The lowest BCUT2D eigenvalue weighted by Crippen LogP contribution is -2.50. The minimum atomic E-state index is -0.273. The second-order valence-corrected chi connectivity index (χ2v) is 6.32. The zero-order valence-corrected chi connectivity index (χ0v) is 12.0. The summed E-state index contributed by atoms with van der Waals surface area (Å²) in [5.41, 5.74) is 1.15. The highest BCUT2D eigenvalue weighted by molar-refractivity contribution is 7.09. The van der Waals surface area contributed by atoms with Crippen LogP contribution in [0.2, 0.25) is 0 Å². The maximum Gasteiger partial charge on any atom is 0.102 e. The molecule has 0 spiro atoms. The van der Waals surface area contributed by atoms with E-state index in [1.165, 1.54) is 0 Å². The summed E-state index contributed by atoms with van der Waals surface area (Å²) in [6, 6.07) is 0.391. The molecule has 6 heteroatoms. The third-order valence-electron chi connectivity index (χ3n) is 3.92. The van der Waals surface area contributed by atoms with Crippen molar-refractivity contribution in [3.8, 4) is 0 Å². The van der Waals surface area contributed by atoms with E-state index in [1.807, 2.05) is 6.92 Å². The number of aromatic nitrogens is 1. The van der Waals surface area contributed by atoms with Crippen molar-refractivity contribution in [3.05, 3.63) is 16.1 Å². The van der Waals surface area contributed by atoms with Crippen molar-refractivity contribution >= 4 is 11.3 Å². The number of morpholine rings is 1. The summed E-state index contributed by atoms with van der Waals surface area (Å²) < 4.78 is 18.3. The largest absolute Gasteiger partial charge is 0.374 e. The highest BCUT2D eigenvalue weighted by atomic mass is 32.1. The van der Waals surface area contributed by atoms with E-state index in [4.69, 9.17) is 4.74 Å². The first-order valence-electron chi connectivity index (χ1n) is 6.81. The number of hydrogen-bond donors (Lipinski definition) is 0. The Labute approximate surface area is 117 Å². The Balaban J connectivity index is 1.65. The first-order chi connectivity index (χ1) is 9.26. The highest BCUT2D eigenvalue weighted by Crippen LogP contribution is 2.24. The van der Waals surface area contributed by atoms with Gasteiger partial charge in [0.25, 0.3) is 0 Å². The number of thiazole rings is 1. The summed E-state index contributed by atoms with van der Waals surface area (Å²) in [4.78, 5) is 9.15. The fourth-order valence-electron chi connectivity index (χ4n) is 3.02. The smallest absolute Gasteiger partial charge is 0.102 e. The van der Waals surface area contributed by atoms with Crippen LogP contribution in [-0.4, -0.2) is 66.4 Å². The molecule has 1 aromatic heterocycles. The van der Waals surface area contributed by atoms with Gasteiger partial charge in [0.1, 0.15) is 6.67 Å². The summed E-state index contributed by atoms with van der Waals surface area (Å²) in [5, 5.41) is 3.25. The van der Waals surface area contributed by atoms with Crippen LogP contribution in [0.25, 0.3) is 0 Å². The van der Waals surface area contributed by atoms with Gasteiger partial charge in [-0.3, -0.25) is 9.80 Å². The standard InChI is InChI=1S/C13H20FN3OS/c1-10-15-11(9-19-10)6-17-4-5-18-13-8-16(3-2-14)7-12(13)17/h9,12-13H,2-8H2,1H3/t12-,13+/m1/s1. The monoisotopic (exact) mass is 285 g/mol. The Morgan fingerprint density at radius 2 is 2.42 bits per heavy atom. The number of rotatable bonds is 4. The molecule has 0 unspecified atom stereocenters. The van der Waals surface area contributed by atoms with Gasteiger partial charge in [0.2, 0.25) is 0 Å². The van der Waals surface area contributed by atoms with Crippen molar-refractivity contribution in [1.82, 2.24) is 14.8 Å². The van der Waals surface area contributed by atoms with E-state index in [9.17, 15) is 4.39 Å². The minimum Gasteiger partial charge on any atom is -0.374 e. The lowest BCUT2D eigenvalue weighted by atomic mass is 10.1. The van der Waals surface area contributed by atoms with Gasteiger partial charge in [0.15, 0.2) is 0 Å². The molecule has 0 N–H and O–H groups in total. The van der Waals surface area contributed by atoms with E-state index in [0.717, 1.165) is 43.5 Å². The summed E-state index contributed by atoms with van der Waals surface area (Å²) in [6.07, 6.45) is 0.236. The molecule has 0 bridgehead atoms. The van der Waals surface area contributed by atoms with E-state index >= 15 is 0 Å². The van der Waals surface area contributed by atoms with Gasteiger partial charge in [-0.1, -0.05) is 0 Å². The van der Waals surface area contributed by atoms with E-state index in [1.54, 1.807) is 11.3 Å². The maximum atomic E-state index is 12.5.